The van der Waals surface area contributed by atoms with Gasteiger partial charge in [-0.2, -0.15) is 0 Å². The summed E-state index contributed by atoms with van der Waals surface area (Å²) in [5, 5.41) is 0. The van der Waals surface area contributed by atoms with Gasteiger partial charge < -0.3 is 4.74 Å². The number of esters is 1. The summed E-state index contributed by atoms with van der Waals surface area (Å²) in [6, 6.07) is 0. The van der Waals surface area contributed by atoms with Crippen molar-refractivity contribution in [2.45, 2.75) is 19.4 Å². The molecule has 0 amide bonds. The molecule has 5 heteroatoms. The van der Waals surface area contributed by atoms with Gasteiger partial charge in [-0.05, 0) is 19.4 Å². The van der Waals surface area contributed by atoms with Crippen LogP contribution in [0.2, 0.25) is 0 Å². The summed E-state index contributed by atoms with van der Waals surface area (Å²) in [5.41, 5.74) is 1.84. The summed E-state index contributed by atoms with van der Waals surface area (Å²) < 4.78 is 4.80. The van der Waals surface area contributed by atoms with E-state index in [1.165, 1.54) is 12.0 Å². The van der Waals surface area contributed by atoms with E-state index in [0.29, 0.717) is 0 Å². The number of piperidine rings is 1. The maximum atomic E-state index is 11.5. The Morgan fingerprint density at radius 2 is 2.62 bits per heavy atom. The number of ether oxygens (including phenoxy) is 1. The van der Waals surface area contributed by atoms with Crippen molar-refractivity contribution in [3.8, 4) is 0 Å². The minimum absolute atomic E-state index is 0.0478. The number of hydrogen-bond donors (Lipinski definition) is 0. The van der Waals surface area contributed by atoms with Crippen LogP contribution >= 0.6 is 11.3 Å². The van der Waals surface area contributed by atoms with E-state index in [-0.39, 0.29) is 11.9 Å². The van der Waals surface area contributed by atoms with Gasteiger partial charge in [0.15, 0.2) is 0 Å². The van der Waals surface area contributed by atoms with Gasteiger partial charge in [0, 0.05) is 24.2 Å². The molecule has 16 heavy (non-hydrogen) atoms. The lowest BCUT2D eigenvalue weighted by molar-refractivity contribution is -0.147. The molecule has 88 valence electrons. The number of carbonyl (C=O) groups excluding carboxylic acids is 1. The SMILES string of the molecule is COC(=O)[C@H]1CCCN(Cc2cncs2)C1. The van der Waals surface area contributed by atoms with Crippen molar-refractivity contribution in [1.82, 2.24) is 9.88 Å². The van der Waals surface area contributed by atoms with E-state index in [9.17, 15) is 4.79 Å². The molecule has 0 aromatic carbocycles. The number of carbonyl (C=O) groups is 1. The standard InChI is InChI=1S/C11H16N2O2S/c1-15-11(14)9-3-2-4-13(6-9)7-10-5-12-8-16-10/h5,8-9H,2-4,6-7H2,1H3/t9-/m0/s1. The third-order valence-corrected chi connectivity index (χ3v) is 3.67. The Balaban J connectivity index is 1.89. The highest BCUT2D eigenvalue weighted by atomic mass is 32.1. The lowest BCUT2D eigenvalue weighted by Crippen LogP contribution is -2.38. The summed E-state index contributed by atoms with van der Waals surface area (Å²) in [5.74, 6) is -0.0272. The highest BCUT2D eigenvalue weighted by molar-refractivity contribution is 7.09. The van der Waals surface area contributed by atoms with Crippen molar-refractivity contribution < 1.29 is 9.53 Å². The molecule has 0 bridgehead atoms. The molecule has 0 radical (unpaired) electrons. The Bertz CT molecular complexity index is 340. The predicted octanol–water partition coefficient (Wildman–Crippen LogP) is 1.53. The number of aromatic nitrogens is 1. The van der Waals surface area contributed by atoms with Crippen LogP contribution in [0.1, 0.15) is 17.7 Å². The highest BCUT2D eigenvalue weighted by Gasteiger charge is 2.26. The summed E-state index contributed by atoms with van der Waals surface area (Å²) in [7, 11) is 1.46. The molecule has 1 aliphatic rings. The largest absolute Gasteiger partial charge is 0.469 e. The average Bonchev–Trinajstić information content (AvgIpc) is 2.81. The lowest BCUT2D eigenvalue weighted by atomic mass is 9.98. The molecule has 1 aromatic heterocycles. The summed E-state index contributed by atoms with van der Waals surface area (Å²) in [4.78, 5) is 19.1. The second-order valence-corrected chi connectivity index (χ2v) is 5.04. The summed E-state index contributed by atoms with van der Waals surface area (Å²) >= 11 is 1.66. The number of likely N-dealkylation sites (tertiary alicyclic amines) is 1. The molecule has 1 fully saturated rings. The Morgan fingerprint density at radius 3 is 3.31 bits per heavy atom. The average molecular weight is 240 g/mol. The molecule has 0 spiro atoms. The Labute approximate surface area is 99.2 Å². The quantitative estimate of drug-likeness (QED) is 0.751. The van der Waals surface area contributed by atoms with Gasteiger partial charge in [0.05, 0.1) is 18.5 Å². The van der Waals surface area contributed by atoms with Crippen LogP contribution in [0.15, 0.2) is 11.7 Å². The molecule has 1 aliphatic heterocycles. The lowest BCUT2D eigenvalue weighted by Gasteiger charge is -2.30. The van der Waals surface area contributed by atoms with Crippen molar-refractivity contribution in [2.75, 3.05) is 20.2 Å². The van der Waals surface area contributed by atoms with Gasteiger partial charge in [-0.3, -0.25) is 14.7 Å². The molecular weight excluding hydrogens is 224 g/mol. The van der Waals surface area contributed by atoms with Crippen LogP contribution in [0.4, 0.5) is 0 Å². The van der Waals surface area contributed by atoms with Crippen molar-refractivity contribution in [2.24, 2.45) is 5.92 Å². The fraction of sp³-hybridized carbons (Fsp3) is 0.636. The molecule has 1 aromatic rings. The minimum Gasteiger partial charge on any atom is -0.469 e. The van der Waals surface area contributed by atoms with E-state index in [1.54, 1.807) is 11.3 Å². The van der Waals surface area contributed by atoms with Crippen molar-refractivity contribution in [3.63, 3.8) is 0 Å². The predicted molar refractivity (Wildman–Crippen MR) is 62.1 cm³/mol. The van der Waals surface area contributed by atoms with Crippen LogP contribution in [-0.2, 0) is 16.1 Å². The maximum absolute atomic E-state index is 11.5. The zero-order chi connectivity index (χ0) is 11.4. The fourth-order valence-electron chi connectivity index (χ4n) is 2.10. The van der Waals surface area contributed by atoms with Gasteiger partial charge in [0.25, 0.3) is 0 Å². The Kier molecular flexibility index (Phi) is 3.90. The van der Waals surface area contributed by atoms with E-state index in [0.717, 1.165) is 32.5 Å². The van der Waals surface area contributed by atoms with Gasteiger partial charge in [-0.15, -0.1) is 11.3 Å². The van der Waals surface area contributed by atoms with Gasteiger partial charge in [0.2, 0.25) is 0 Å². The summed E-state index contributed by atoms with van der Waals surface area (Å²) in [6.45, 7) is 2.77. The number of methoxy groups -OCH3 is 1. The first-order chi connectivity index (χ1) is 7.79. The fourth-order valence-corrected chi connectivity index (χ4v) is 2.73. The van der Waals surface area contributed by atoms with Crippen LogP contribution in [0.25, 0.3) is 0 Å². The molecule has 2 rings (SSSR count). The zero-order valence-electron chi connectivity index (χ0n) is 9.39. The smallest absolute Gasteiger partial charge is 0.309 e. The summed E-state index contributed by atoms with van der Waals surface area (Å²) in [6.07, 6.45) is 3.91. The van der Waals surface area contributed by atoms with E-state index in [4.69, 9.17) is 4.74 Å². The van der Waals surface area contributed by atoms with E-state index < -0.39 is 0 Å². The molecule has 1 atom stereocenters. The molecule has 4 nitrogen and oxygen atoms in total. The molecule has 1 saturated heterocycles. The number of thiazole rings is 1. The third-order valence-electron chi connectivity index (χ3n) is 2.90. The number of hydrogen-bond acceptors (Lipinski definition) is 5. The van der Waals surface area contributed by atoms with Crippen LogP contribution in [0, 0.1) is 5.92 Å². The first-order valence-corrected chi connectivity index (χ1v) is 6.35. The maximum Gasteiger partial charge on any atom is 0.309 e. The van der Waals surface area contributed by atoms with Gasteiger partial charge in [-0.25, -0.2) is 0 Å². The third kappa shape index (κ3) is 2.80. The second-order valence-electron chi connectivity index (χ2n) is 4.07. The van der Waals surface area contributed by atoms with E-state index in [2.05, 4.69) is 9.88 Å². The van der Waals surface area contributed by atoms with Crippen LogP contribution in [0.3, 0.4) is 0 Å². The molecular formula is C11H16N2O2S. The monoisotopic (exact) mass is 240 g/mol. The van der Waals surface area contributed by atoms with Crippen molar-refractivity contribution in [1.29, 1.82) is 0 Å². The highest BCUT2D eigenvalue weighted by Crippen LogP contribution is 2.20. The number of rotatable bonds is 3. The first kappa shape index (κ1) is 11.5. The van der Waals surface area contributed by atoms with Gasteiger partial charge in [0.1, 0.15) is 0 Å². The normalized spacial score (nSPS) is 21.9. The first-order valence-electron chi connectivity index (χ1n) is 5.47. The van der Waals surface area contributed by atoms with Gasteiger partial charge in [-0.1, -0.05) is 0 Å². The number of nitrogens with zero attached hydrogens (tertiary/aromatic N) is 2. The molecule has 2 heterocycles. The molecule has 0 N–H and O–H groups in total. The van der Waals surface area contributed by atoms with E-state index >= 15 is 0 Å². The van der Waals surface area contributed by atoms with Crippen LogP contribution in [-0.4, -0.2) is 36.1 Å². The zero-order valence-corrected chi connectivity index (χ0v) is 10.2. The van der Waals surface area contributed by atoms with E-state index in [1.807, 2.05) is 11.7 Å². The van der Waals surface area contributed by atoms with Crippen LogP contribution < -0.4 is 0 Å². The molecule has 0 saturated carbocycles. The Hall–Kier alpha value is -0.940. The van der Waals surface area contributed by atoms with Crippen LogP contribution in [0.5, 0.6) is 0 Å². The topological polar surface area (TPSA) is 42.4 Å². The Morgan fingerprint density at radius 1 is 1.75 bits per heavy atom. The minimum atomic E-state index is -0.0750. The van der Waals surface area contributed by atoms with Crippen molar-refractivity contribution in [3.05, 3.63) is 16.6 Å². The molecule has 0 unspecified atom stereocenters. The second kappa shape index (κ2) is 5.41. The van der Waals surface area contributed by atoms with Gasteiger partial charge >= 0.3 is 5.97 Å². The van der Waals surface area contributed by atoms with Crippen molar-refractivity contribution >= 4 is 17.3 Å². The molecule has 0 aliphatic carbocycles.